The lowest BCUT2D eigenvalue weighted by Gasteiger charge is -2.34. The third kappa shape index (κ3) is 4.74. The smallest absolute Gasteiger partial charge is 0.0361 e. The first kappa shape index (κ1) is 33.0. The second kappa shape index (κ2) is 12.7. The zero-order valence-corrected chi connectivity index (χ0v) is 33.2. The van der Waals surface area contributed by atoms with E-state index < -0.39 is 0 Å². The van der Waals surface area contributed by atoms with Gasteiger partial charge in [-0.15, -0.1) is 11.3 Å². The molecule has 2 saturated carbocycles. The number of hydrogen-bond donors (Lipinski definition) is 0. The van der Waals surface area contributed by atoms with E-state index in [9.17, 15) is 0 Å². The second-order valence-electron chi connectivity index (χ2n) is 17.4. The molecule has 1 heterocycles. The van der Waals surface area contributed by atoms with Gasteiger partial charge in [0.1, 0.15) is 0 Å². The van der Waals surface area contributed by atoms with Crippen LogP contribution in [-0.4, -0.2) is 0 Å². The van der Waals surface area contributed by atoms with Crippen LogP contribution in [0.15, 0.2) is 175 Å². The van der Waals surface area contributed by atoms with E-state index in [1.54, 1.807) is 11.1 Å². The van der Waals surface area contributed by atoms with Gasteiger partial charge >= 0.3 is 0 Å². The zero-order valence-electron chi connectivity index (χ0n) is 32.4. The first-order valence-electron chi connectivity index (χ1n) is 21.4. The molecule has 3 unspecified atom stereocenters. The molecule has 3 aliphatic rings. The Labute approximate surface area is 343 Å². The van der Waals surface area contributed by atoms with E-state index in [-0.39, 0.29) is 0 Å². The van der Waals surface area contributed by atoms with E-state index >= 15 is 0 Å². The first-order chi connectivity index (χ1) is 28.8. The van der Waals surface area contributed by atoms with Gasteiger partial charge in [0, 0.05) is 26.1 Å². The molecular formula is C57H42S. The summed E-state index contributed by atoms with van der Waals surface area (Å²) in [5.41, 5.74) is 11.2. The Morgan fingerprint density at radius 3 is 1.66 bits per heavy atom. The zero-order chi connectivity index (χ0) is 37.9. The fraction of sp³-hybridized carbons (Fsp3) is 0.158. The molecule has 13 rings (SSSR count). The van der Waals surface area contributed by atoms with Crippen LogP contribution in [0.5, 0.6) is 0 Å². The Balaban J connectivity index is 1.04. The predicted molar refractivity (Wildman–Crippen MR) is 250 cm³/mol. The third-order valence-electron chi connectivity index (χ3n) is 14.5. The monoisotopic (exact) mass is 758 g/mol. The van der Waals surface area contributed by atoms with Gasteiger partial charge in [0.15, 0.2) is 0 Å². The molecule has 0 nitrogen and oxygen atoms in total. The van der Waals surface area contributed by atoms with Gasteiger partial charge in [0.2, 0.25) is 0 Å². The number of hydrogen-bond acceptors (Lipinski definition) is 1. The molecule has 3 aliphatic carbocycles. The van der Waals surface area contributed by atoms with Crippen molar-refractivity contribution in [3.8, 4) is 33.4 Å². The largest absolute Gasteiger partial charge is 0.135 e. The summed E-state index contributed by atoms with van der Waals surface area (Å²) >= 11 is 1.94. The molecule has 0 saturated heterocycles. The van der Waals surface area contributed by atoms with Gasteiger partial charge in [-0.25, -0.2) is 0 Å². The highest BCUT2D eigenvalue weighted by molar-refractivity contribution is 7.26. The molecule has 1 aromatic heterocycles. The van der Waals surface area contributed by atoms with E-state index in [4.69, 9.17) is 0 Å². The van der Waals surface area contributed by atoms with Crippen LogP contribution in [0.25, 0.3) is 96.6 Å². The van der Waals surface area contributed by atoms with E-state index in [0.29, 0.717) is 5.92 Å². The number of fused-ring (bicyclic) bond motifs is 9. The van der Waals surface area contributed by atoms with Crippen molar-refractivity contribution in [3.05, 3.63) is 181 Å². The summed E-state index contributed by atoms with van der Waals surface area (Å²) in [7, 11) is 0. The van der Waals surface area contributed by atoms with Crippen molar-refractivity contribution in [3.63, 3.8) is 0 Å². The van der Waals surface area contributed by atoms with Gasteiger partial charge < -0.3 is 0 Å². The Hall–Kier alpha value is -6.02. The molecule has 3 bridgehead atoms. The molecule has 0 radical (unpaired) electrons. The van der Waals surface area contributed by atoms with Crippen LogP contribution in [0, 0.1) is 17.8 Å². The molecule has 0 aliphatic heterocycles. The lowest BCUT2D eigenvalue weighted by atomic mass is 9.70. The number of allylic oxidation sites excluding steroid dienone is 2. The van der Waals surface area contributed by atoms with Gasteiger partial charge in [0.25, 0.3) is 0 Å². The summed E-state index contributed by atoms with van der Waals surface area (Å²) in [5.74, 6) is 3.12. The van der Waals surface area contributed by atoms with E-state index in [2.05, 4.69) is 170 Å². The van der Waals surface area contributed by atoms with Crippen LogP contribution in [0.1, 0.15) is 43.6 Å². The van der Waals surface area contributed by atoms with Gasteiger partial charge in [-0.3, -0.25) is 0 Å². The molecule has 4 atom stereocenters. The van der Waals surface area contributed by atoms with Gasteiger partial charge in [-0.2, -0.15) is 0 Å². The SMILES string of the molecule is C1=C2C[C@@H]3CC(CC3CC1)C2c1c2ccccc2c(-c2ccc3c(c2)sc2cccc(-c4c5ccccc5c(-c5ccccc5)c5ccccc45)c23)c2ccccc12. The van der Waals surface area contributed by atoms with Gasteiger partial charge in [-0.1, -0.05) is 163 Å². The highest BCUT2D eigenvalue weighted by Crippen LogP contribution is 2.60. The Bertz CT molecular complexity index is 3230. The highest BCUT2D eigenvalue weighted by atomic mass is 32.1. The van der Waals surface area contributed by atoms with E-state index in [1.807, 2.05) is 11.3 Å². The summed E-state index contributed by atoms with van der Waals surface area (Å²) in [6, 6.07) is 62.1. The van der Waals surface area contributed by atoms with Crippen LogP contribution in [0.2, 0.25) is 0 Å². The molecule has 0 amide bonds. The summed E-state index contributed by atoms with van der Waals surface area (Å²) in [6.45, 7) is 0. The van der Waals surface area contributed by atoms with Crippen molar-refractivity contribution >= 4 is 74.6 Å². The Morgan fingerprint density at radius 1 is 0.414 bits per heavy atom. The molecule has 10 aromatic rings. The van der Waals surface area contributed by atoms with Crippen LogP contribution in [0.3, 0.4) is 0 Å². The van der Waals surface area contributed by atoms with Crippen LogP contribution in [0.4, 0.5) is 0 Å². The van der Waals surface area contributed by atoms with E-state index in [0.717, 1.165) is 17.8 Å². The van der Waals surface area contributed by atoms with Crippen molar-refractivity contribution in [1.29, 1.82) is 0 Å². The van der Waals surface area contributed by atoms with Crippen molar-refractivity contribution in [2.75, 3.05) is 0 Å². The van der Waals surface area contributed by atoms with Crippen molar-refractivity contribution in [1.82, 2.24) is 0 Å². The molecule has 0 N–H and O–H groups in total. The maximum Gasteiger partial charge on any atom is 0.0361 e. The predicted octanol–water partition coefficient (Wildman–Crippen LogP) is 16.5. The molecule has 58 heavy (non-hydrogen) atoms. The first-order valence-corrected chi connectivity index (χ1v) is 22.2. The molecular weight excluding hydrogens is 717 g/mol. The maximum absolute atomic E-state index is 2.66. The minimum absolute atomic E-state index is 0.530. The number of rotatable bonds is 4. The minimum atomic E-state index is 0.530. The fourth-order valence-corrected chi connectivity index (χ4v) is 13.5. The second-order valence-corrected chi connectivity index (χ2v) is 18.5. The summed E-state index contributed by atoms with van der Waals surface area (Å²) in [6.07, 6.45) is 9.44. The Morgan fingerprint density at radius 2 is 0.983 bits per heavy atom. The van der Waals surface area contributed by atoms with Crippen molar-refractivity contribution < 1.29 is 0 Å². The third-order valence-corrected chi connectivity index (χ3v) is 15.6. The topological polar surface area (TPSA) is 0 Å². The average Bonchev–Trinajstić information content (AvgIpc) is 3.76. The average molecular weight is 759 g/mol. The molecule has 2 fully saturated rings. The molecule has 1 heteroatoms. The highest BCUT2D eigenvalue weighted by Gasteiger charge is 2.46. The fourth-order valence-electron chi connectivity index (χ4n) is 12.3. The summed E-state index contributed by atoms with van der Waals surface area (Å²) < 4.78 is 2.68. The number of thiophene rings is 1. The minimum Gasteiger partial charge on any atom is -0.135 e. The van der Waals surface area contributed by atoms with Gasteiger partial charge in [-0.05, 0) is 144 Å². The number of benzene rings is 9. The Kier molecular flexibility index (Phi) is 7.25. The van der Waals surface area contributed by atoms with Crippen LogP contribution < -0.4 is 0 Å². The van der Waals surface area contributed by atoms with Crippen molar-refractivity contribution in [2.45, 2.75) is 38.0 Å². The lowest BCUT2D eigenvalue weighted by Crippen LogP contribution is -2.20. The quantitative estimate of drug-likeness (QED) is 0.124. The summed E-state index contributed by atoms with van der Waals surface area (Å²) in [5, 5.41) is 13.6. The van der Waals surface area contributed by atoms with E-state index in [1.165, 1.54) is 129 Å². The van der Waals surface area contributed by atoms with Gasteiger partial charge in [0.05, 0.1) is 0 Å². The molecule has 276 valence electrons. The van der Waals surface area contributed by atoms with Crippen LogP contribution >= 0.6 is 11.3 Å². The summed E-state index contributed by atoms with van der Waals surface area (Å²) in [4.78, 5) is 0. The molecule has 0 spiro atoms. The molecule has 9 aromatic carbocycles. The van der Waals surface area contributed by atoms with Crippen LogP contribution in [-0.2, 0) is 0 Å². The standard InChI is InChI=1S/C57H42S/c1-2-14-34(15-3-1)53-40-18-4-8-22-44(40)55(45-23-9-5-19-41(45)53)49-26-13-27-50-56(49)48-29-28-37(33-51(48)58-50)54-42-20-6-10-24-46(42)57(47-25-11-7-21-43(47)54)52-36-17-12-16-35-30-39(52)32-38(35)31-36/h1-11,13-15,17-29,33,35,38-39,52H,12,16,30-32H2/t35?,38-,39?,52?/m1/s1. The lowest BCUT2D eigenvalue weighted by molar-refractivity contribution is 0.358. The normalized spacial score (nSPS) is 20.2. The van der Waals surface area contributed by atoms with Crippen molar-refractivity contribution in [2.24, 2.45) is 17.8 Å². The maximum atomic E-state index is 2.66.